The molecule has 0 saturated heterocycles. The van der Waals surface area contributed by atoms with Crippen molar-refractivity contribution in [1.82, 2.24) is 0 Å². The highest BCUT2D eigenvalue weighted by atomic mass is 16.6. The third-order valence-corrected chi connectivity index (χ3v) is 3.71. The van der Waals surface area contributed by atoms with Crippen molar-refractivity contribution < 1.29 is 9.53 Å². The SMILES string of the molecule is CCOC(=O)N(C)c1ccc2c(c1)Cc1ccccc1-2. The summed E-state index contributed by atoms with van der Waals surface area (Å²) in [4.78, 5) is 13.3. The molecule has 3 nitrogen and oxygen atoms in total. The number of amides is 1. The zero-order valence-corrected chi connectivity index (χ0v) is 11.7. The maximum Gasteiger partial charge on any atom is 0.413 e. The predicted octanol–water partition coefficient (Wildman–Crippen LogP) is 3.85. The lowest BCUT2D eigenvalue weighted by Gasteiger charge is -2.17. The highest BCUT2D eigenvalue weighted by Crippen LogP contribution is 2.38. The first-order valence-corrected chi connectivity index (χ1v) is 6.82. The highest BCUT2D eigenvalue weighted by molar-refractivity contribution is 5.88. The van der Waals surface area contributed by atoms with Crippen molar-refractivity contribution in [1.29, 1.82) is 0 Å². The Bertz CT molecular complexity index is 664. The van der Waals surface area contributed by atoms with Crippen LogP contribution in [0.5, 0.6) is 0 Å². The maximum atomic E-state index is 11.8. The van der Waals surface area contributed by atoms with Crippen LogP contribution in [-0.2, 0) is 11.2 Å². The molecule has 0 bridgehead atoms. The Kier molecular flexibility index (Phi) is 3.18. The molecule has 0 N–H and O–H groups in total. The third-order valence-electron chi connectivity index (χ3n) is 3.71. The van der Waals surface area contributed by atoms with E-state index < -0.39 is 0 Å². The van der Waals surface area contributed by atoms with Gasteiger partial charge in [-0.2, -0.15) is 0 Å². The van der Waals surface area contributed by atoms with Gasteiger partial charge in [0.25, 0.3) is 0 Å². The van der Waals surface area contributed by atoms with Gasteiger partial charge in [0.1, 0.15) is 0 Å². The Balaban J connectivity index is 1.93. The van der Waals surface area contributed by atoms with Crippen LogP contribution < -0.4 is 4.90 Å². The molecule has 1 aliphatic rings. The van der Waals surface area contributed by atoms with Crippen LogP contribution in [0.2, 0.25) is 0 Å². The Hall–Kier alpha value is -2.29. The molecule has 0 saturated carbocycles. The van der Waals surface area contributed by atoms with Crippen LogP contribution in [0.1, 0.15) is 18.1 Å². The molecule has 3 rings (SSSR count). The molecule has 0 radical (unpaired) electrons. The summed E-state index contributed by atoms with van der Waals surface area (Å²) in [5, 5.41) is 0. The molecule has 0 fully saturated rings. The number of anilines is 1. The van der Waals surface area contributed by atoms with E-state index in [0.717, 1.165) is 12.1 Å². The Morgan fingerprint density at radius 2 is 1.90 bits per heavy atom. The van der Waals surface area contributed by atoms with E-state index in [-0.39, 0.29) is 6.09 Å². The topological polar surface area (TPSA) is 29.5 Å². The number of nitrogens with zero attached hydrogens (tertiary/aromatic N) is 1. The summed E-state index contributed by atoms with van der Waals surface area (Å²) in [6, 6.07) is 14.6. The van der Waals surface area contributed by atoms with Gasteiger partial charge < -0.3 is 4.74 Å². The minimum absolute atomic E-state index is 0.317. The quantitative estimate of drug-likeness (QED) is 0.705. The minimum Gasteiger partial charge on any atom is -0.449 e. The first-order chi connectivity index (χ1) is 9.70. The van der Waals surface area contributed by atoms with Crippen LogP contribution in [0.15, 0.2) is 42.5 Å². The van der Waals surface area contributed by atoms with Crippen LogP contribution in [0.25, 0.3) is 11.1 Å². The van der Waals surface area contributed by atoms with Gasteiger partial charge >= 0.3 is 6.09 Å². The van der Waals surface area contributed by atoms with Crippen molar-refractivity contribution in [2.24, 2.45) is 0 Å². The van der Waals surface area contributed by atoms with E-state index >= 15 is 0 Å². The molecule has 20 heavy (non-hydrogen) atoms. The lowest BCUT2D eigenvalue weighted by molar-refractivity contribution is 0.161. The molecular formula is C17H17NO2. The Morgan fingerprint density at radius 3 is 2.70 bits per heavy atom. The Labute approximate surface area is 118 Å². The number of fused-ring (bicyclic) bond motifs is 3. The van der Waals surface area contributed by atoms with Gasteiger partial charge in [-0.25, -0.2) is 4.79 Å². The molecule has 1 amide bonds. The lowest BCUT2D eigenvalue weighted by atomic mass is 10.1. The highest BCUT2D eigenvalue weighted by Gasteiger charge is 2.20. The average molecular weight is 267 g/mol. The maximum absolute atomic E-state index is 11.8. The molecule has 0 unspecified atom stereocenters. The second-order valence-electron chi connectivity index (χ2n) is 4.93. The molecule has 0 atom stereocenters. The van der Waals surface area contributed by atoms with E-state index in [9.17, 15) is 4.79 Å². The van der Waals surface area contributed by atoms with Crippen molar-refractivity contribution in [2.75, 3.05) is 18.6 Å². The third kappa shape index (κ3) is 2.05. The summed E-state index contributed by atoms with van der Waals surface area (Å²) in [7, 11) is 1.74. The van der Waals surface area contributed by atoms with Crippen molar-refractivity contribution in [2.45, 2.75) is 13.3 Å². The van der Waals surface area contributed by atoms with Gasteiger partial charge in [0.15, 0.2) is 0 Å². The van der Waals surface area contributed by atoms with Gasteiger partial charge in [-0.1, -0.05) is 30.3 Å². The molecule has 3 heteroatoms. The molecule has 102 valence electrons. The van der Waals surface area contributed by atoms with E-state index in [0.29, 0.717) is 6.61 Å². The molecule has 0 spiro atoms. The molecule has 0 heterocycles. The molecule has 0 aromatic heterocycles. The van der Waals surface area contributed by atoms with Gasteiger partial charge in [0, 0.05) is 12.7 Å². The summed E-state index contributed by atoms with van der Waals surface area (Å²) >= 11 is 0. The zero-order valence-electron chi connectivity index (χ0n) is 11.7. The number of carbonyl (C=O) groups is 1. The van der Waals surface area contributed by atoms with Crippen LogP contribution in [0.4, 0.5) is 10.5 Å². The van der Waals surface area contributed by atoms with Crippen LogP contribution in [0, 0.1) is 0 Å². The molecule has 2 aromatic rings. The minimum atomic E-state index is -0.317. The normalized spacial score (nSPS) is 11.7. The van der Waals surface area contributed by atoms with Crippen molar-refractivity contribution in [3.63, 3.8) is 0 Å². The fraction of sp³-hybridized carbons (Fsp3) is 0.235. The van der Waals surface area contributed by atoms with Crippen molar-refractivity contribution in [3.05, 3.63) is 53.6 Å². The number of carbonyl (C=O) groups excluding carboxylic acids is 1. The monoisotopic (exact) mass is 267 g/mol. The second kappa shape index (κ2) is 5.00. The summed E-state index contributed by atoms with van der Waals surface area (Å²) < 4.78 is 5.03. The smallest absolute Gasteiger partial charge is 0.413 e. The number of ether oxygens (including phenoxy) is 1. The predicted molar refractivity (Wildman–Crippen MR) is 80.1 cm³/mol. The van der Waals surface area contributed by atoms with E-state index in [1.807, 2.05) is 13.0 Å². The molecule has 2 aromatic carbocycles. The lowest BCUT2D eigenvalue weighted by Crippen LogP contribution is -2.27. The fourth-order valence-corrected chi connectivity index (χ4v) is 2.67. The summed E-state index contributed by atoms with van der Waals surface area (Å²) in [6.45, 7) is 2.20. The van der Waals surface area contributed by atoms with Gasteiger partial charge in [-0.05, 0) is 47.7 Å². The van der Waals surface area contributed by atoms with Crippen molar-refractivity contribution in [3.8, 4) is 11.1 Å². The molecular weight excluding hydrogens is 250 g/mol. The van der Waals surface area contributed by atoms with Crippen LogP contribution in [0.3, 0.4) is 0 Å². The number of hydrogen-bond acceptors (Lipinski definition) is 2. The largest absolute Gasteiger partial charge is 0.449 e. The molecule has 1 aliphatic carbocycles. The van der Waals surface area contributed by atoms with Gasteiger partial charge in [0.2, 0.25) is 0 Å². The Morgan fingerprint density at radius 1 is 1.15 bits per heavy atom. The summed E-state index contributed by atoms with van der Waals surface area (Å²) in [5.41, 5.74) is 6.04. The number of rotatable bonds is 2. The standard InChI is InChI=1S/C17H17NO2/c1-3-20-17(19)18(2)14-8-9-16-13(11-14)10-12-6-4-5-7-15(12)16/h4-9,11H,3,10H2,1-2H3. The first-order valence-electron chi connectivity index (χ1n) is 6.82. The van der Waals surface area contributed by atoms with Crippen LogP contribution >= 0.6 is 0 Å². The van der Waals surface area contributed by atoms with E-state index in [1.165, 1.54) is 22.3 Å². The summed E-state index contributed by atoms with van der Waals surface area (Å²) in [6.07, 6.45) is 0.610. The molecule has 0 aliphatic heterocycles. The first kappa shape index (κ1) is 12.7. The zero-order chi connectivity index (χ0) is 14.1. The fourth-order valence-electron chi connectivity index (χ4n) is 2.67. The van der Waals surface area contributed by atoms with E-state index in [1.54, 1.807) is 11.9 Å². The van der Waals surface area contributed by atoms with Crippen molar-refractivity contribution >= 4 is 11.8 Å². The number of benzene rings is 2. The van der Waals surface area contributed by atoms with Gasteiger partial charge in [-0.3, -0.25) is 4.90 Å². The van der Waals surface area contributed by atoms with Gasteiger partial charge in [-0.15, -0.1) is 0 Å². The van der Waals surface area contributed by atoms with Gasteiger partial charge in [0.05, 0.1) is 6.61 Å². The van der Waals surface area contributed by atoms with E-state index in [4.69, 9.17) is 4.74 Å². The second-order valence-corrected chi connectivity index (χ2v) is 4.93. The number of hydrogen-bond donors (Lipinski definition) is 0. The summed E-state index contributed by atoms with van der Waals surface area (Å²) in [5.74, 6) is 0. The average Bonchev–Trinajstić information content (AvgIpc) is 2.84. The van der Waals surface area contributed by atoms with Crippen LogP contribution in [-0.4, -0.2) is 19.7 Å². The van der Waals surface area contributed by atoms with E-state index in [2.05, 4.69) is 36.4 Å².